The molecule has 3 heteroatoms. The lowest BCUT2D eigenvalue weighted by Crippen LogP contribution is -1.95. The summed E-state index contributed by atoms with van der Waals surface area (Å²) >= 11 is 0. The maximum atomic E-state index is 12.1. The van der Waals surface area contributed by atoms with E-state index in [4.69, 9.17) is 0 Å². The highest BCUT2D eigenvalue weighted by molar-refractivity contribution is 7.94. The second-order valence-corrected chi connectivity index (χ2v) is 9.45. The van der Waals surface area contributed by atoms with Crippen molar-refractivity contribution < 1.29 is 8.42 Å². The molecule has 0 heterocycles. The standard InChI is InChI=1S/C24H40O2S/c1-2-3-4-5-6-7-8-9-10-11-12-13-14-15-16-20-23-27(25,26)24-21-18-17-19-22-24/h17-23H,2-16H2,1H3/b23-20+. The molecule has 2 nitrogen and oxygen atoms in total. The molecule has 0 aliphatic rings. The van der Waals surface area contributed by atoms with Crippen molar-refractivity contribution >= 4 is 9.84 Å². The first-order chi connectivity index (χ1) is 13.2. The minimum Gasteiger partial charge on any atom is -0.219 e. The van der Waals surface area contributed by atoms with Crippen molar-refractivity contribution in [3.05, 3.63) is 41.8 Å². The number of benzene rings is 1. The SMILES string of the molecule is CCCCCCCCCCCCCCCC/C=C/S(=O)(=O)c1ccccc1. The summed E-state index contributed by atoms with van der Waals surface area (Å²) in [5.41, 5.74) is 0. The quantitative estimate of drug-likeness (QED) is 0.253. The van der Waals surface area contributed by atoms with E-state index in [1.807, 2.05) is 12.1 Å². The number of sulfone groups is 1. The van der Waals surface area contributed by atoms with Crippen LogP contribution in [0.15, 0.2) is 46.7 Å². The number of hydrogen-bond donors (Lipinski definition) is 0. The van der Waals surface area contributed by atoms with Gasteiger partial charge >= 0.3 is 0 Å². The Morgan fingerprint density at radius 2 is 1.11 bits per heavy atom. The third-order valence-electron chi connectivity index (χ3n) is 5.07. The monoisotopic (exact) mass is 392 g/mol. The summed E-state index contributed by atoms with van der Waals surface area (Å²) in [6.45, 7) is 2.27. The van der Waals surface area contributed by atoms with Crippen LogP contribution in [0, 0.1) is 0 Å². The average Bonchev–Trinajstić information content (AvgIpc) is 2.68. The number of hydrogen-bond acceptors (Lipinski definition) is 2. The van der Waals surface area contributed by atoms with E-state index in [2.05, 4.69) is 6.92 Å². The molecule has 0 spiro atoms. The Bertz CT molecular complexity index is 576. The zero-order valence-corrected chi connectivity index (χ0v) is 18.2. The zero-order valence-electron chi connectivity index (χ0n) is 17.4. The molecule has 0 saturated heterocycles. The van der Waals surface area contributed by atoms with E-state index in [0.717, 1.165) is 12.8 Å². The van der Waals surface area contributed by atoms with Gasteiger partial charge in [-0.3, -0.25) is 0 Å². The minimum absolute atomic E-state index is 0.377. The molecule has 1 aromatic rings. The van der Waals surface area contributed by atoms with Crippen molar-refractivity contribution in [1.29, 1.82) is 0 Å². The summed E-state index contributed by atoms with van der Waals surface area (Å²) in [6.07, 6.45) is 21.5. The molecule has 0 fully saturated rings. The third-order valence-corrected chi connectivity index (χ3v) is 6.55. The second-order valence-electron chi connectivity index (χ2n) is 7.61. The van der Waals surface area contributed by atoms with Crippen LogP contribution in [0.5, 0.6) is 0 Å². The number of rotatable bonds is 17. The van der Waals surface area contributed by atoms with Gasteiger partial charge in [0, 0.05) is 5.41 Å². The van der Waals surface area contributed by atoms with Gasteiger partial charge in [-0.15, -0.1) is 0 Å². The van der Waals surface area contributed by atoms with Crippen LogP contribution in [-0.4, -0.2) is 8.42 Å². The largest absolute Gasteiger partial charge is 0.219 e. The van der Waals surface area contributed by atoms with Crippen molar-refractivity contribution in [2.24, 2.45) is 0 Å². The molecule has 0 saturated carbocycles. The zero-order chi connectivity index (χ0) is 19.6. The molecule has 0 aliphatic carbocycles. The van der Waals surface area contributed by atoms with Crippen LogP contribution < -0.4 is 0 Å². The third kappa shape index (κ3) is 12.8. The minimum atomic E-state index is -3.26. The topological polar surface area (TPSA) is 34.1 Å². The summed E-state index contributed by atoms with van der Waals surface area (Å²) in [6, 6.07) is 8.64. The summed E-state index contributed by atoms with van der Waals surface area (Å²) in [5.74, 6) is 0. The summed E-state index contributed by atoms with van der Waals surface area (Å²) in [5, 5.41) is 1.37. The van der Waals surface area contributed by atoms with Crippen LogP contribution in [0.3, 0.4) is 0 Å². The van der Waals surface area contributed by atoms with Gasteiger partial charge in [0.15, 0.2) is 9.84 Å². The second kappa shape index (κ2) is 15.9. The van der Waals surface area contributed by atoms with E-state index in [9.17, 15) is 8.42 Å². The molecular formula is C24H40O2S. The van der Waals surface area contributed by atoms with E-state index in [1.165, 1.54) is 88.9 Å². The van der Waals surface area contributed by atoms with Gasteiger partial charge in [0.25, 0.3) is 0 Å². The van der Waals surface area contributed by atoms with Crippen molar-refractivity contribution in [3.63, 3.8) is 0 Å². The van der Waals surface area contributed by atoms with E-state index >= 15 is 0 Å². The summed E-state index contributed by atoms with van der Waals surface area (Å²) in [7, 11) is -3.26. The lowest BCUT2D eigenvalue weighted by molar-refractivity contribution is 0.536. The van der Waals surface area contributed by atoms with Gasteiger partial charge in [-0.1, -0.05) is 115 Å². The molecule has 27 heavy (non-hydrogen) atoms. The Morgan fingerprint density at radius 3 is 1.59 bits per heavy atom. The van der Waals surface area contributed by atoms with Crippen LogP contribution in [0.4, 0.5) is 0 Å². The highest BCUT2D eigenvalue weighted by atomic mass is 32.2. The molecule has 1 rings (SSSR count). The lowest BCUT2D eigenvalue weighted by Gasteiger charge is -2.03. The molecule has 154 valence electrons. The smallest absolute Gasteiger partial charge is 0.199 e. The normalized spacial score (nSPS) is 12.0. The molecule has 0 amide bonds. The molecular weight excluding hydrogens is 352 g/mol. The van der Waals surface area contributed by atoms with Crippen molar-refractivity contribution in [2.45, 2.75) is 108 Å². The van der Waals surface area contributed by atoms with E-state index in [-0.39, 0.29) is 0 Å². The first kappa shape index (κ1) is 23.9. The van der Waals surface area contributed by atoms with Gasteiger partial charge in [0.05, 0.1) is 4.90 Å². The fourth-order valence-corrected chi connectivity index (χ4v) is 4.42. The predicted molar refractivity (Wildman–Crippen MR) is 118 cm³/mol. The summed E-state index contributed by atoms with van der Waals surface area (Å²) in [4.78, 5) is 0.377. The fourth-order valence-electron chi connectivity index (χ4n) is 3.34. The van der Waals surface area contributed by atoms with Crippen molar-refractivity contribution in [2.75, 3.05) is 0 Å². The Labute approximate surface area is 168 Å². The Morgan fingerprint density at radius 1 is 0.667 bits per heavy atom. The Hall–Kier alpha value is -1.09. The van der Waals surface area contributed by atoms with Crippen LogP contribution >= 0.6 is 0 Å². The summed E-state index contributed by atoms with van der Waals surface area (Å²) < 4.78 is 24.2. The van der Waals surface area contributed by atoms with Crippen LogP contribution in [-0.2, 0) is 9.84 Å². The predicted octanol–water partition coefficient (Wildman–Crippen LogP) is 7.85. The molecule has 0 bridgehead atoms. The molecule has 0 unspecified atom stereocenters. The molecule has 0 N–H and O–H groups in total. The lowest BCUT2D eigenvalue weighted by atomic mass is 10.0. The molecule has 0 radical (unpaired) electrons. The molecule has 0 aliphatic heterocycles. The highest BCUT2D eigenvalue weighted by Crippen LogP contribution is 2.14. The van der Waals surface area contributed by atoms with Gasteiger partial charge in [-0.2, -0.15) is 0 Å². The van der Waals surface area contributed by atoms with Gasteiger partial charge < -0.3 is 0 Å². The molecule has 1 aromatic carbocycles. The van der Waals surface area contributed by atoms with Crippen molar-refractivity contribution in [3.8, 4) is 0 Å². The molecule has 0 atom stereocenters. The maximum Gasteiger partial charge on any atom is 0.199 e. The van der Waals surface area contributed by atoms with Gasteiger partial charge in [0.2, 0.25) is 0 Å². The van der Waals surface area contributed by atoms with Gasteiger partial charge in [-0.05, 0) is 25.0 Å². The first-order valence-corrected chi connectivity index (χ1v) is 12.7. The number of unbranched alkanes of at least 4 members (excludes halogenated alkanes) is 14. The van der Waals surface area contributed by atoms with Crippen LogP contribution in [0.1, 0.15) is 103 Å². The number of allylic oxidation sites excluding steroid dienone is 1. The van der Waals surface area contributed by atoms with E-state index in [0.29, 0.717) is 4.90 Å². The van der Waals surface area contributed by atoms with E-state index < -0.39 is 9.84 Å². The molecule has 0 aromatic heterocycles. The van der Waals surface area contributed by atoms with Gasteiger partial charge in [0.1, 0.15) is 0 Å². The Kier molecular flexibility index (Phi) is 14.1. The van der Waals surface area contributed by atoms with Crippen LogP contribution in [0.2, 0.25) is 0 Å². The maximum absolute atomic E-state index is 12.1. The van der Waals surface area contributed by atoms with Gasteiger partial charge in [-0.25, -0.2) is 8.42 Å². The van der Waals surface area contributed by atoms with E-state index in [1.54, 1.807) is 24.3 Å². The average molecular weight is 393 g/mol. The fraction of sp³-hybridized carbons (Fsp3) is 0.667. The Balaban J connectivity index is 1.90. The van der Waals surface area contributed by atoms with Crippen molar-refractivity contribution in [1.82, 2.24) is 0 Å². The first-order valence-electron chi connectivity index (χ1n) is 11.1. The highest BCUT2D eigenvalue weighted by Gasteiger charge is 2.08. The van der Waals surface area contributed by atoms with Crippen LogP contribution in [0.25, 0.3) is 0 Å².